The van der Waals surface area contributed by atoms with Crippen LogP contribution < -0.4 is 5.32 Å². The molecule has 0 aliphatic rings. The lowest BCUT2D eigenvalue weighted by atomic mass is 10.1. The molecule has 1 aromatic rings. The van der Waals surface area contributed by atoms with Crippen molar-refractivity contribution in [2.24, 2.45) is 0 Å². The Morgan fingerprint density at radius 3 is 2.18 bits per heavy atom. The molecule has 0 aliphatic carbocycles. The lowest BCUT2D eigenvalue weighted by Crippen LogP contribution is -2.29. The highest BCUT2D eigenvalue weighted by Gasteiger charge is 2.12. The van der Waals surface area contributed by atoms with Gasteiger partial charge in [0.1, 0.15) is 0 Å². The van der Waals surface area contributed by atoms with Crippen LogP contribution in [0.5, 0.6) is 0 Å². The number of likely N-dealkylation sites (N-methyl/N-ethyl adjacent to an activating group) is 2. The number of benzene rings is 1. The van der Waals surface area contributed by atoms with Crippen molar-refractivity contribution in [3.05, 3.63) is 29.8 Å². The minimum absolute atomic E-state index is 0.443. The third-order valence-electron chi connectivity index (χ3n) is 2.66. The molecule has 0 bridgehead atoms. The van der Waals surface area contributed by atoms with Crippen LogP contribution in [-0.4, -0.2) is 37.8 Å². The van der Waals surface area contributed by atoms with Gasteiger partial charge in [-0.1, -0.05) is 26.0 Å². The van der Waals surface area contributed by atoms with Crippen LogP contribution in [0.15, 0.2) is 29.2 Å². The van der Waals surface area contributed by atoms with Gasteiger partial charge in [0, 0.05) is 22.7 Å². The quantitative estimate of drug-likeness (QED) is 0.784. The zero-order chi connectivity index (χ0) is 12.8. The standard InChI is InChI=1S/C14H24N2S/c1-11(2)17-13-8-6-12(7-9-13)14(10-15-3)16(4)5/h6-9,11,14-15H,10H2,1-5H3. The van der Waals surface area contributed by atoms with E-state index in [-0.39, 0.29) is 0 Å². The van der Waals surface area contributed by atoms with Gasteiger partial charge in [0.25, 0.3) is 0 Å². The summed E-state index contributed by atoms with van der Waals surface area (Å²) < 4.78 is 0. The molecule has 1 unspecified atom stereocenters. The van der Waals surface area contributed by atoms with Gasteiger partial charge < -0.3 is 10.2 Å². The van der Waals surface area contributed by atoms with Gasteiger partial charge in [-0.2, -0.15) is 0 Å². The van der Waals surface area contributed by atoms with Crippen LogP contribution in [0.1, 0.15) is 25.5 Å². The zero-order valence-electron chi connectivity index (χ0n) is 11.5. The van der Waals surface area contributed by atoms with Gasteiger partial charge in [-0.3, -0.25) is 0 Å². The van der Waals surface area contributed by atoms with Crippen molar-refractivity contribution < 1.29 is 0 Å². The Hall–Kier alpha value is -0.510. The van der Waals surface area contributed by atoms with Crippen molar-refractivity contribution in [3.8, 4) is 0 Å². The van der Waals surface area contributed by atoms with E-state index in [9.17, 15) is 0 Å². The summed E-state index contributed by atoms with van der Waals surface area (Å²) in [4.78, 5) is 3.60. The van der Waals surface area contributed by atoms with E-state index in [1.165, 1.54) is 10.5 Å². The first-order chi connectivity index (χ1) is 8.04. The maximum atomic E-state index is 3.25. The van der Waals surface area contributed by atoms with Gasteiger partial charge in [-0.05, 0) is 38.8 Å². The highest BCUT2D eigenvalue weighted by molar-refractivity contribution is 7.99. The van der Waals surface area contributed by atoms with Crippen LogP contribution in [0.25, 0.3) is 0 Å². The number of thioether (sulfide) groups is 1. The van der Waals surface area contributed by atoms with Crippen molar-refractivity contribution in [1.29, 1.82) is 0 Å². The summed E-state index contributed by atoms with van der Waals surface area (Å²) in [5, 5.41) is 3.89. The molecule has 1 aromatic carbocycles. The van der Waals surface area contributed by atoms with E-state index in [1.54, 1.807) is 0 Å². The summed E-state index contributed by atoms with van der Waals surface area (Å²) in [5.41, 5.74) is 1.37. The average molecular weight is 252 g/mol. The molecule has 0 aromatic heterocycles. The Morgan fingerprint density at radius 1 is 1.18 bits per heavy atom. The molecule has 0 fully saturated rings. The van der Waals surface area contributed by atoms with Gasteiger partial charge in [-0.25, -0.2) is 0 Å². The predicted molar refractivity (Wildman–Crippen MR) is 77.8 cm³/mol. The Morgan fingerprint density at radius 2 is 1.76 bits per heavy atom. The molecule has 0 heterocycles. The first kappa shape index (κ1) is 14.6. The van der Waals surface area contributed by atoms with Gasteiger partial charge in [0.05, 0.1) is 0 Å². The monoisotopic (exact) mass is 252 g/mol. The van der Waals surface area contributed by atoms with Crippen molar-refractivity contribution in [1.82, 2.24) is 10.2 Å². The van der Waals surface area contributed by atoms with Gasteiger partial charge in [0.2, 0.25) is 0 Å². The first-order valence-electron chi connectivity index (χ1n) is 6.12. The van der Waals surface area contributed by atoms with Crippen LogP contribution in [-0.2, 0) is 0 Å². The number of rotatable bonds is 6. The minimum atomic E-state index is 0.443. The molecule has 0 aliphatic heterocycles. The fourth-order valence-electron chi connectivity index (χ4n) is 1.83. The van der Waals surface area contributed by atoms with Crippen molar-refractivity contribution in [2.45, 2.75) is 30.0 Å². The van der Waals surface area contributed by atoms with E-state index >= 15 is 0 Å². The summed E-state index contributed by atoms with van der Waals surface area (Å²) in [7, 11) is 6.25. The minimum Gasteiger partial charge on any atom is -0.318 e. The fraction of sp³-hybridized carbons (Fsp3) is 0.571. The van der Waals surface area contributed by atoms with Crippen molar-refractivity contribution >= 4 is 11.8 Å². The Bertz CT molecular complexity index is 319. The normalized spacial score (nSPS) is 13.4. The molecule has 96 valence electrons. The summed E-state index contributed by atoms with van der Waals surface area (Å²) >= 11 is 1.91. The van der Waals surface area contributed by atoms with E-state index in [4.69, 9.17) is 0 Å². The molecule has 0 spiro atoms. The molecular formula is C14H24N2S. The zero-order valence-corrected chi connectivity index (χ0v) is 12.3. The lowest BCUT2D eigenvalue weighted by Gasteiger charge is -2.24. The molecule has 0 amide bonds. The molecule has 1 atom stereocenters. The molecule has 3 heteroatoms. The fourth-order valence-corrected chi connectivity index (χ4v) is 2.67. The van der Waals surface area contributed by atoms with E-state index in [0.717, 1.165) is 6.54 Å². The number of hydrogen-bond donors (Lipinski definition) is 1. The summed E-state index contributed by atoms with van der Waals surface area (Å²) in [6.07, 6.45) is 0. The predicted octanol–water partition coefficient (Wildman–Crippen LogP) is 3.01. The summed E-state index contributed by atoms with van der Waals surface area (Å²) in [6, 6.07) is 9.38. The highest BCUT2D eigenvalue weighted by atomic mass is 32.2. The topological polar surface area (TPSA) is 15.3 Å². The second kappa shape index (κ2) is 7.04. The van der Waals surface area contributed by atoms with Crippen LogP contribution in [0, 0.1) is 0 Å². The van der Waals surface area contributed by atoms with Crippen LogP contribution in [0.2, 0.25) is 0 Å². The summed E-state index contributed by atoms with van der Waals surface area (Å²) in [5.74, 6) is 0. The van der Waals surface area contributed by atoms with Crippen LogP contribution in [0.4, 0.5) is 0 Å². The maximum absolute atomic E-state index is 3.25. The largest absolute Gasteiger partial charge is 0.318 e. The van der Waals surface area contributed by atoms with E-state index in [0.29, 0.717) is 11.3 Å². The van der Waals surface area contributed by atoms with Gasteiger partial charge in [0.15, 0.2) is 0 Å². The number of nitrogens with one attached hydrogen (secondary N) is 1. The van der Waals surface area contributed by atoms with Crippen molar-refractivity contribution in [3.63, 3.8) is 0 Å². The SMILES string of the molecule is CNCC(c1ccc(SC(C)C)cc1)N(C)C. The lowest BCUT2D eigenvalue weighted by molar-refractivity contribution is 0.294. The Kier molecular flexibility index (Phi) is 6.03. The smallest absolute Gasteiger partial charge is 0.0466 e. The van der Waals surface area contributed by atoms with Crippen LogP contribution in [0.3, 0.4) is 0 Å². The average Bonchev–Trinajstić information content (AvgIpc) is 2.26. The molecule has 1 N–H and O–H groups in total. The maximum Gasteiger partial charge on any atom is 0.0466 e. The van der Waals surface area contributed by atoms with Gasteiger partial charge >= 0.3 is 0 Å². The molecular weight excluding hydrogens is 228 g/mol. The molecule has 1 rings (SSSR count). The highest BCUT2D eigenvalue weighted by Crippen LogP contribution is 2.25. The van der Waals surface area contributed by atoms with Gasteiger partial charge in [-0.15, -0.1) is 11.8 Å². The van der Waals surface area contributed by atoms with E-state index in [2.05, 4.69) is 62.4 Å². The summed E-state index contributed by atoms with van der Waals surface area (Å²) in [6.45, 7) is 5.42. The van der Waals surface area contributed by atoms with Crippen LogP contribution >= 0.6 is 11.8 Å². The second-order valence-electron chi connectivity index (χ2n) is 4.77. The molecule has 2 nitrogen and oxygen atoms in total. The van der Waals surface area contributed by atoms with E-state index < -0.39 is 0 Å². The third-order valence-corrected chi connectivity index (χ3v) is 3.67. The first-order valence-corrected chi connectivity index (χ1v) is 7.00. The van der Waals surface area contributed by atoms with E-state index in [1.807, 2.05) is 18.8 Å². The second-order valence-corrected chi connectivity index (χ2v) is 6.42. The Balaban J connectivity index is 2.77. The van der Waals surface area contributed by atoms with Crippen molar-refractivity contribution in [2.75, 3.05) is 27.7 Å². The molecule has 0 radical (unpaired) electrons. The number of hydrogen-bond acceptors (Lipinski definition) is 3. The Labute approximate surface area is 110 Å². The molecule has 17 heavy (non-hydrogen) atoms. The third kappa shape index (κ3) is 4.70. The number of nitrogens with zero attached hydrogens (tertiary/aromatic N) is 1. The molecule has 0 saturated heterocycles. The molecule has 0 saturated carbocycles.